The van der Waals surface area contributed by atoms with E-state index in [1.54, 1.807) is 42.5 Å². The zero-order valence-corrected chi connectivity index (χ0v) is 18.9. The van der Waals surface area contributed by atoms with Crippen molar-refractivity contribution in [3.05, 3.63) is 80.8 Å². The van der Waals surface area contributed by atoms with Gasteiger partial charge in [0.05, 0.1) is 39.0 Å². The molecular formula is C23H19Cl3N2O3. The summed E-state index contributed by atoms with van der Waals surface area (Å²) in [7, 11) is 0. The van der Waals surface area contributed by atoms with E-state index >= 15 is 0 Å². The van der Waals surface area contributed by atoms with E-state index in [0.717, 1.165) is 10.0 Å². The maximum atomic E-state index is 13.5. The summed E-state index contributed by atoms with van der Waals surface area (Å²) >= 11 is 18.4. The number of benzene rings is 2. The van der Waals surface area contributed by atoms with E-state index in [1.165, 1.54) is 0 Å². The second-order valence-electron chi connectivity index (χ2n) is 7.73. The minimum absolute atomic E-state index is 0.0420. The number of fused-ring (bicyclic) bond motifs is 1. The Kier molecular flexibility index (Phi) is 6.11. The molecule has 1 saturated heterocycles. The van der Waals surface area contributed by atoms with Crippen molar-refractivity contribution >= 4 is 52.5 Å². The summed E-state index contributed by atoms with van der Waals surface area (Å²) < 4.78 is 0. The Hall–Kier alpha value is -2.34. The van der Waals surface area contributed by atoms with Crippen LogP contribution in [-0.2, 0) is 16.1 Å². The number of carbonyl (C=O) groups is 3. The van der Waals surface area contributed by atoms with Crippen LogP contribution in [0.3, 0.4) is 0 Å². The Morgan fingerprint density at radius 1 is 1.03 bits per heavy atom. The van der Waals surface area contributed by atoms with Crippen LogP contribution in [0.4, 0.5) is 0 Å². The Balaban J connectivity index is 1.76. The fourth-order valence-corrected chi connectivity index (χ4v) is 4.72. The highest BCUT2D eigenvalue weighted by atomic mass is 35.5. The van der Waals surface area contributed by atoms with Crippen LogP contribution in [0.2, 0.25) is 15.1 Å². The lowest BCUT2D eigenvalue weighted by Gasteiger charge is -2.31. The molecule has 1 heterocycles. The highest BCUT2D eigenvalue weighted by Crippen LogP contribution is 2.40. The molecular weight excluding hydrogens is 459 g/mol. The first-order valence-corrected chi connectivity index (χ1v) is 11.0. The molecule has 0 unspecified atom stereocenters. The van der Waals surface area contributed by atoms with Gasteiger partial charge in [-0.15, -0.1) is 0 Å². The number of nitrogens with zero attached hydrogens (tertiary/aromatic N) is 2. The lowest BCUT2D eigenvalue weighted by atomic mass is 9.78. The van der Waals surface area contributed by atoms with E-state index in [0.29, 0.717) is 22.0 Å². The molecule has 4 rings (SSSR count). The Labute approximate surface area is 195 Å². The molecule has 5 nitrogen and oxygen atoms in total. The van der Waals surface area contributed by atoms with E-state index in [2.05, 4.69) is 0 Å². The normalized spacial score (nSPS) is 22.6. The average molecular weight is 478 g/mol. The molecule has 2 aromatic carbocycles. The fraction of sp³-hybridized carbons (Fsp3) is 0.261. The predicted octanol–water partition coefficient (Wildman–Crippen LogP) is 5.40. The second kappa shape index (κ2) is 8.65. The Morgan fingerprint density at radius 2 is 1.77 bits per heavy atom. The zero-order valence-electron chi connectivity index (χ0n) is 16.6. The molecule has 0 spiro atoms. The first-order valence-electron chi connectivity index (χ1n) is 9.84. The number of carbonyl (C=O) groups excluding carboxylic acids is 3. The van der Waals surface area contributed by atoms with Crippen LogP contribution >= 0.6 is 34.8 Å². The van der Waals surface area contributed by atoms with Crippen LogP contribution in [0.25, 0.3) is 0 Å². The maximum Gasteiger partial charge on any atom is 0.274 e. The smallest absolute Gasteiger partial charge is 0.272 e. The van der Waals surface area contributed by atoms with E-state index in [-0.39, 0.29) is 34.9 Å². The van der Waals surface area contributed by atoms with Gasteiger partial charge in [0.15, 0.2) is 0 Å². The number of amides is 3. The molecule has 2 aromatic rings. The summed E-state index contributed by atoms with van der Waals surface area (Å²) in [6.07, 6.45) is 4.33. The van der Waals surface area contributed by atoms with Gasteiger partial charge in [-0.3, -0.25) is 14.4 Å². The SMILES string of the molecule is C[C@@H]1C=CC[C@@H]2C(=O)N(N(Cc3ccc(Cl)c(Cl)c3)C(=O)c3ccccc3Cl)C(=O)[C@H]12. The summed E-state index contributed by atoms with van der Waals surface area (Å²) in [5.41, 5.74) is 0.822. The molecule has 3 amide bonds. The Morgan fingerprint density at radius 3 is 2.45 bits per heavy atom. The maximum absolute atomic E-state index is 13.5. The van der Waals surface area contributed by atoms with Gasteiger partial charge in [-0.2, -0.15) is 5.01 Å². The van der Waals surface area contributed by atoms with Gasteiger partial charge in [0, 0.05) is 0 Å². The van der Waals surface area contributed by atoms with Crippen molar-refractivity contribution in [2.24, 2.45) is 17.8 Å². The summed E-state index contributed by atoms with van der Waals surface area (Å²) in [5.74, 6) is -2.38. The van der Waals surface area contributed by atoms with E-state index in [4.69, 9.17) is 34.8 Å². The molecule has 0 radical (unpaired) electrons. The number of allylic oxidation sites excluding steroid dienone is 2. The molecule has 1 aliphatic carbocycles. The molecule has 2 aliphatic rings. The summed E-state index contributed by atoms with van der Waals surface area (Å²) in [4.78, 5) is 40.1. The number of rotatable bonds is 4. The van der Waals surface area contributed by atoms with Crippen molar-refractivity contribution in [3.8, 4) is 0 Å². The minimum Gasteiger partial charge on any atom is -0.272 e. The van der Waals surface area contributed by atoms with Gasteiger partial charge >= 0.3 is 0 Å². The molecule has 1 aliphatic heterocycles. The Bertz CT molecular complexity index is 1100. The topological polar surface area (TPSA) is 57.7 Å². The van der Waals surface area contributed by atoms with Gasteiger partial charge < -0.3 is 0 Å². The number of halogens is 3. The second-order valence-corrected chi connectivity index (χ2v) is 8.96. The zero-order chi connectivity index (χ0) is 22.3. The molecule has 0 saturated carbocycles. The molecule has 0 aromatic heterocycles. The first-order chi connectivity index (χ1) is 14.8. The van der Waals surface area contributed by atoms with Gasteiger partial charge in [0.2, 0.25) is 0 Å². The number of hydrogen-bond acceptors (Lipinski definition) is 3. The predicted molar refractivity (Wildman–Crippen MR) is 120 cm³/mol. The van der Waals surface area contributed by atoms with Crippen LogP contribution in [0.5, 0.6) is 0 Å². The van der Waals surface area contributed by atoms with Crippen LogP contribution < -0.4 is 0 Å². The standard InChI is InChI=1S/C23H19Cl3N2O3/c1-13-5-4-7-16-20(13)23(31)28(22(16)30)27(12-14-9-10-18(25)19(26)11-14)21(29)15-6-2-3-8-17(15)24/h2-6,8-11,13,16,20H,7,12H2,1H3/t13-,16+,20-/m1/s1. The van der Waals surface area contributed by atoms with E-state index in [9.17, 15) is 14.4 Å². The van der Waals surface area contributed by atoms with Crippen molar-refractivity contribution in [1.29, 1.82) is 0 Å². The molecule has 3 atom stereocenters. The van der Waals surface area contributed by atoms with Gasteiger partial charge in [0.1, 0.15) is 0 Å². The minimum atomic E-state index is -0.544. The summed E-state index contributed by atoms with van der Waals surface area (Å²) in [6, 6.07) is 11.5. The number of hydrazine groups is 1. The van der Waals surface area contributed by atoms with Crippen molar-refractivity contribution in [1.82, 2.24) is 10.0 Å². The fourth-order valence-electron chi connectivity index (χ4n) is 4.19. The summed E-state index contributed by atoms with van der Waals surface area (Å²) in [6.45, 7) is 1.86. The van der Waals surface area contributed by atoms with Crippen LogP contribution in [-0.4, -0.2) is 27.7 Å². The third-order valence-corrected chi connectivity index (χ3v) is 6.81. The molecule has 8 heteroatoms. The van der Waals surface area contributed by atoms with Crippen LogP contribution in [0, 0.1) is 17.8 Å². The van der Waals surface area contributed by atoms with Crippen molar-refractivity contribution in [3.63, 3.8) is 0 Å². The first kappa shape index (κ1) is 21.9. The quantitative estimate of drug-likeness (QED) is 0.437. The van der Waals surface area contributed by atoms with Crippen molar-refractivity contribution in [2.45, 2.75) is 19.9 Å². The van der Waals surface area contributed by atoms with Gasteiger partial charge in [-0.1, -0.05) is 72.1 Å². The molecule has 160 valence electrons. The summed E-state index contributed by atoms with van der Waals surface area (Å²) in [5, 5.41) is 3.07. The third kappa shape index (κ3) is 3.98. The van der Waals surface area contributed by atoms with Gasteiger partial charge in [-0.05, 0) is 42.2 Å². The number of imide groups is 1. The molecule has 0 N–H and O–H groups in total. The number of hydrogen-bond donors (Lipinski definition) is 0. The van der Waals surface area contributed by atoms with Crippen molar-refractivity contribution in [2.75, 3.05) is 0 Å². The lowest BCUT2D eigenvalue weighted by Crippen LogP contribution is -2.50. The van der Waals surface area contributed by atoms with Gasteiger partial charge in [0.25, 0.3) is 17.7 Å². The third-order valence-electron chi connectivity index (χ3n) is 5.75. The molecule has 0 bridgehead atoms. The highest BCUT2D eigenvalue weighted by molar-refractivity contribution is 6.42. The average Bonchev–Trinajstić information content (AvgIpc) is 3.00. The van der Waals surface area contributed by atoms with Crippen molar-refractivity contribution < 1.29 is 14.4 Å². The molecule has 31 heavy (non-hydrogen) atoms. The van der Waals surface area contributed by atoms with Crippen LogP contribution in [0.1, 0.15) is 29.3 Å². The lowest BCUT2D eigenvalue weighted by molar-refractivity contribution is -0.155. The van der Waals surface area contributed by atoms with Crippen LogP contribution in [0.15, 0.2) is 54.6 Å². The largest absolute Gasteiger partial charge is 0.274 e. The highest BCUT2D eigenvalue weighted by Gasteiger charge is 2.53. The van der Waals surface area contributed by atoms with E-state index in [1.807, 2.05) is 19.1 Å². The molecule has 1 fully saturated rings. The van der Waals surface area contributed by atoms with Gasteiger partial charge in [-0.25, -0.2) is 5.01 Å². The monoisotopic (exact) mass is 476 g/mol. The van der Waals surface area contributed by atoms with E-state index < -0.39 is 17.7 Å².